The average molecular weight is 404 g/mol. The van der Waals surface area contributed by atoms with Gasteiger partial charge >= 0.3 is 0 Å². The van der Waals surface area contributed by atoms with Crippen LogP contribution in [0.1, 0.15) is 48.6 Å². The minimum atomic E-state index is -0.107. The van der Waals surface area contributed by atoms with Crippen LogP contribution in [0, 0.1) is 13.8 Å². The summed E-state index contributed by atoms with van der Waals surface area (Å²) in [6, 6.07) is 20.9. The van der Waals surface area contributed by atoms with Crippen molar-refractivity contribution in [1.82, 2.24) is 0 Å². The number of aryl methyl sites for hydroxylation is 2. The van der Waals surface area contributed by atoms with Crippen LogP contribution in [0.2, 0.25) is 0 Å². The van der Waals surface area contributed by atoms with Crippen LogP contribution in [0.3, 0.4) is 0 Å². The van der Waals surface area contributed by atoms with Crippen molar-refractivity contribution < 1.29 is 5.11 Å². The molecule has 0 radical (unpaired) electrons. The normalized spacial score (nSPS) is 12.7. The number of aromatic hydroxyl groups is 1. The van der Waals surface area contributed by atoms with Gasteiger partial charge in [0.1, 0.15) is 5.75 Å². The van der Waals surface area contributed by atoms with Crippen LogP contribution in [0.25, 0.3) is 0 Å². The third-order valence-corrected chi connectivity index (χ3v) is 6.68. The van der Waals surface area contributed by atoms with Crippen LogP contribution in [0.4, 0.5) is 0 Å². The van der Waals surface area contributed by atoms with E-state index in [4.69, 9.17) is 0 Å². The molecule has 0 aliphatic heterocycles. The Morgan fingerprint density at radius 1 is 0.931 bits per heavy atom. The van der Waals surface area contributed by atoms with Crippen molar-refractivity contribution in [1.29, 1.82) is 0 Å². The van der Waals surface area contributed by atoms with E-state index in [1.54, 1.807) is 0 Å². The minimum Gasteiger partial charge on any atom is -0.507 e. The first-order chi connectivity index (χ1) is 13.7. The smallest absolute Gasteiger partial charge is 0.127 e. The van der Waals surface area contributed by atoms with Crippen LogP contribution < -0.4 is 10.6 Å². The van der Waals surface area contributed by atoms with Crippen molar-refractivity contribution in [3.63, 3.8) is 0 Å². The highest BCUT2D eigenvalue weighted by molar-refractivity contribution is 7.56. The van der Waals surface area contributed by atoms with Gasteiger partial charge in [-0.1, -0.05) is 83.9 Å². The van der Waals surface area contributed by atoms with Crippen molar-refractivity contribution in [3.05, 3.63) is 88.5 Å². The van der Waals surface area contributed by atoms with Gasteiger partial charge in [0.05, 0.1) is 5.71 Å². The van der Waals surface area contributed by atoms with Crippen molar-refractivity contribution in [2.24, 2.45) is 4.99 Å². The van der Waals surface area contributed by atoms with Crippen LogP contribution in [-0.4, -0.2) is 17.9 Å². The number of nitrogens with zero attached hydrogens (tertiary/aromatic N) is 1. The molecule has 1 atom stereocenters. The highest BCUT2D eigenvalue weighted by Crippen LogP contribution is 2.34. The van der Waals surface area contributed by atoms with Crippen molar-refractivity contribution in [2.75, 3.05) is 7.05 Å². The Hall–Kier alpha value is -2.44. The molecule has 3 heteroatoms. The summed E-state index contributed by atoms with van der Waals surface area (Å²) in [6.45, 7) is 10.7. The molecule has 0 aromatic heterocycles. The zero-order valence-electron chi connectivity index (χ0n) is 18.2. The van der Waals surface area contributed by atoms with Gasteiger partial charge in [-0.3, -0.25) is 4.99 Å². The quantitative estimate of drug-likeness (QED) is 0.459. The fourth-order valence-corrected chi connectivity index (χ4v) is 5.05. The van der Waals surface area contributed by atoms with E-state index in [9.17, 15) is 5.11 Å². The molecule has 0 amide bonds. The molecular weight excluding hydrogens is 373 g/mol. The second kappa shape index (κ2) is 8.51. The van der Waals surface area contributed by atoms with E-state index in [-0.39, 0.29) is 5.41 Å². The largest absolute Gasteiger partial charge is 0.507 e. The molecule has 29 heavy (non-hydrogen) atoms. The molecule has 3 aromatic rings. The number of rotatable bonds is 4. The van der Waals surface area contributed by atoms with E-state index in [1.807, 2.05) is 25.2 Å². The monoisotopic (exact) mass is 403 g/mol. The number of hydrogen-bond donors (Lipinski definition) is 1. The molecule has 0 saturated heterocycles. The Morgan fingerprint density at radius 3 is 2.24 bits per heavy atom. The fourth-order valence-electron chi connectivity index (χ4n) is 3.61. The first kappa shape index (κ1) is 21.3. The second-order valence-electron chi connectivity index (χ2n) is 8.52. The Bertz CT molecular complexity index is 1050. The molecule has 0 bridgehead atoms. The van der Waals surface area contributed by atoms with Crippen LogP contribution in [0.15, 0.2) is 65.7 Å². The van der Waals surface area contributed by atoms with Crippen LogP contribution in [-0.2, 0) is 5.41 Å². The molecule has 150 valence electrons. The molecule has 3 rings (SSSR count). The molecule has 3 aromatic carbocycles. The summed E-state index contributed by atoms with van der Waals surface area (Å²) < 4.78 is 0. The van der Waals surface area contributed by atoms with E-state index in [2.05, 4.69) is 82.1 Å². The molecule has 0 aliphatic rings. The van der Waals surface area contributed by atoms with E-state index < -0.39 is 0 Å². The SMILES string of the molecule is C/N=C(\c1ccccc1)c1cccc(C)c1Pc1cc(C)cc(C(C)(C)C)c1O. The number of aliphatic imine (C=N–C) groups is 1. The topological polar surface area (TPSA) is 32.6 Å². The minimum absolute atomic E-state index is 0.107. The van der Waals surface area contributed by atoms with E-state index in [1.165, 1.54) is 16.4 Å². The summed E-state index contributed by atoms with van der Waals surface area (Å²) in [5.41, 5.74) is 6.52. The molecule has 0 aliphatic carbocycles. The maximum atomic E-state index is 11.1. The standard InChI is InChI=1S/C26H30NOP/c1-17-15-21(26(3,4)5)24(28)22(16-17)29-25-18(2)11-10-14-20(25)23(27-6)19-12-8-7-9-13-19/h7-16,28-29H,1-6H3/b27-23+. The summed E-state index contributed by atoms with van der Waals surface area (Å²) in [6.07, 6.45) is 0. The lowest BCUT2D eigenvalue weighted by molar-refractivity contribution is 0.450. The van der Waals surface area contributed by atoms with Gasteiger partial charge in [0.25, 0.3) is 0 Å². The van der Waals surface area contributed by atoms with Crippen molar-refractivity contribution in [2.45, 2.75) is 40.0 Å². The lowest BCUT2D eigenvalue weighted by Gasteiger charge is -2.23. The zero-order chi connectivity index (χ0) is 21.2. The lowest BCUT2D eigenvalue weighted by atomic mass is 9.85. The summed E-state index contributed by atoms with van der Waals surface area (Å²) >= 11 is 0. The number of benzene rings is 3. The Balaban J connectivity index is 2.14. The molecule has 0 heterocycles. The Kier molecular flexibility index (Phi) is 6.24. The van der Waals surface area contributed by atoms with E-state index in [0.717, 1.165) is 27.7 Å². The van der Waals surface area contributed by atoms with Gasteiger partial charge in [-0.05, 0) is 41.8 Å². The van der Waals surface area contributed by atoms with E-state index >= 15 is 0 Å². The highest BCUT2D eigenvalue weighted by atomic mass is 31.1. The molecule has 0 fully saturated rings. The number of phenols is 1. The van der Waals surface area contributed by atoms with Gasteiger partial charge in [0, 0.05) is 29.0 Å². The first-order valence-electron chi connectivity index (χ1n) is 9.95. The molecule has 0 spiro atoms. The molecule has 2 nitrogen and oxygen atoms in total. The summed E-state index contributed by atoms with van der Waals surface area (Å²) in [5.74, 6) is 0.422. The van der Waals surface area contributed by atoms with Crippen LogP contribution in [0.5, 0.6) is 5.75 Å². The predicted molar refractivity (Wildman–Crippen MR) is 128 cm³/mol. The first-order valence-corrected chi connectivity index (χ1v) is 11.0. The average Bonchev–Trinajstić information content (AvgIpc) is 2.67. The summed E-state index contributed by atoms with van der Waals surface area (Å²) in [4.78, 5) is 4.63. The molecule has 0 saturated carbocycles. The third kappa shape index (κ3) is 4.60. The number of phenolic OH excluding ortho intramolecular Hbond substituents is 1. The van der Waals surface area contributed by atoms with Gasteiger partial charge < -0.3 is 5.11 Å². The van der Waals surface area contributed by atoms with Gasteiger partial charge in [-0.15, -0.1) is 0 Å². The Labute approximate surface area is 176 Å². The fraction of sp³-hybridized carbons (Fsp3) is 0.269. The third-order valence-electron chi connectivity index (χ3n) is 5.12. The summed E-state index contributed by atoms with van der Waals surface area (Å²) in [7, 11) is 2.20. The Morgan fingerprint density at radius 2 is 1.62 bits per heavy atom. The van der Waals surface area contributed by atoms with E-state index in [0.29, 0.717) is 14.3 Å². The van der Waals surface area contributed by atoms with Gasteiger partial charge in [-0.25, -0.2) is 0 Å². The zero-order valence-corrected chi connectivity index (χ0v) is 19.2. The second-order valence-corrected chi connectivity index (χ2v) is 9.81. The van der Waals surface area contributed by atoms with Crippen molar-refractivity contribution in [3.8, 4) is 5.75 Å². The van der Waals surface area contributed by atoms with Gasteiger partial charge in [0.2, 0.25) is 0 Å². The molecule has 1 N–H and O–H groups in total. The maximum absolute atomic E-state index is 11.1. The lowest BCUT2D eigenvalue weighted by Crippen LogP contribution is -2.20. The molecular formula is C26H30NOP. The maximum Gasteiger partial charge on any atom is 0.127 e. The van der Waals surface area contributed by atoms with Gasteiger partial charge in [-0.2, -0.15) is 0 Å². The highest BCUT2D eigenvalue weighted by Gasteiger charge is 2.22. The van der Waals surface area contributed by atoms with Gasteiger partial charge in [0.15, 0.2) is 0 Å². The van der Waals surface area contributed by atoms with Crippen molar-refractivity contribution >= 4 is 24.9 Å². The summed E-state index contributed by atoms with van der Waals surface area (Å²) in [5, 5.41) is 13.3. The molecule has 1 unspecified atom stereocenters. The number of hydrogen-bond acceptors (Lipinski definition) is 2. The predicted octanol–water partition coefficient (Wildman–Crippen LogP) is 5.40. The van der Waals surface area contributed by atoms with Crippen LogP contribution >= 0.6 is 8.58 Å².